The smallest absolute Gasteiger partial charge is 0.269 e. The van der Waals surface area contributed by atoms with Gasteiger partial charge >= 0.3 is 0 Å². The molecule has 6 heteroatoms. The van der Waals surface area contributed by atoms with Crippen molar-refractivity contribution in [2.75, 3.05) is 0 Å². The van der Waals surface area contributed by atoms with Crippen molar-refractivity contribution in [2.45, 2.75) is 6.54 Å². The summed E-state index contributed by atoms with van der Waals surface area (Å²) in [5.41, 5.74) is 11.8. The Kier molecular flexibility index (Phi) is 2.65. The van der Waals surface area contributed by atoms with Gasteiger partial charge in [0.25, 0.3) is 5.91 Å². The van der Waals surface area contributed by atoms with E-state index in [-0.39, 0.29) is 5.69 Å². The molecule has 0 aromatic carbocycles. The fourth-order valence-corrected chi connectivity index (χ4v) is 1.30. The number of rotatable bonds is 3. The SMILES string of the molecule is NCc1ccnc(-n2ccc(C(N)=O)n2)c1. The highest BCUT2D eigenvalue weighted by Crippen LogP contribution is 2.06. The molecule has 16 heavy (non-hydrogen) atoms. The number of hydrogen-bond acceptors (Lipinski definition) is 4. The topological polar surface area (TPSA) is 99.8 Å². The number of carbonyl (C=O) groups is 1. The van der Waals surface area contributed by atoms with Gasteiger partial charge in [-0.1, -0.05) is 0 Å². The number of hydrogen-bond donors (Lipinski definition) is 2. The van der Waals surface area contributed by atoms with Gasteiger partial charge in [0.2, 0.25) is 0 Å². The second-order valence-corrected chi connectivity index (χ2v) is 3.24. The van der Waals surface area contributed by atoms with E-state index < -0.39 is 5.91 Å². The molecule has 0 spiro atoms. The monoisotopic (exact) mass is 217 g/mol. The zero-order valence-corrected chi connectivity index (χ0v) is 8.50. The first kappa shape index (κ1) is 10.3. The third-order valence-corrected chi connectivity index (χ3v) is 2.12. The highest BCUT2D eigenvalue weighted by atomic mass is 16.1. The summed E-state index contributed by atoms with van der Waals surface area (Å²) >= 11 is 0. The van der Waals surface area contributed by atoms with Crippen molar-refractivity contribution in [1.29, 1.82) is 0 Å². The molecule has 0 radical (unpaired) electrons. The van der Waals surface area contributed by atoms with Gasteiger partial charge in [-0.15, -0.1) is 0 Å². The summed E-state index contributed by atoms with van der Waals surface area (Å²) in [6, 6.07) is 5.17. The van der Waals surface area contributed by atoms with E-state index in [0.29, 0.717) is 12.4 Å². The van der Waals surface area contributed by atoms with Gasteiger partial charge in [0.1, 0.15) is 5.69 Å². The maximum atomic E-state index is 10.9. The van der Waals surface area contributed by atoms with Crippen molar-refractivity contribution >= 4 is 5.91 Å². The number of aromatic nitrogens is 3. The zero-order chi connectivity index (χ0) is 11.5. The molecule has 2 heterocycles. The van der Waals surface area contributed by atoms with Gasteiger partial charge < -0.3 is 11.5 Å². The standard InChI is InChI=1S/C10H11N5O/c11-6-7-1-3-13-9(5-7)15-4-2-8(14-15)10(12)16/h1-5H,6,11H2,(H2,12,16). The van der Waals surface area contributed by atoms with Crippen LogP contribution in [0.5, 0.6) is 0 Å². The molecule has 0 fully saturated rings. The Bertz CT molecular complexity index is 519. The van der Waals surface area contributed by atoms with Crippen molar-refractivity contribution in [3.05, 3.63) is 41.9 Å². The van der Waals surface area contributed by atoms with E-state index in [1.807, 2.05) is 6.07 Å². The molecule has 82 valence electrons. The van der Waals surface area contributed by atoms with Crippen molar-refractivity contribution in [3.63, 3.8) is 0 Å². The number of pyridine rings is 1. The third-order valence-electron chi connectivity index (χ3n) is 2.12. The maximum absolute atomic E-state index is 10.9. The molecule has 0 bridgehead atoms. The number of primary amides is 1. The average Bonchev–Trinajstić information content (AvgIpc) is 2.78. The molecule has 1 amide bonds. The summed E-state index contributed by atoms with van der Waals surface area (Å²) in [5.74, 6) is 0.0455. The van der Waals surface area contributed by atoms with Gasteiger partial charge in [0.15, 0.2) is 5.82 Å². The molecule has 0 saturated carbocycles. The van der Waals surface area contributed by atoms with Crippen LogP contribution in [-0.2, 0) is 6.54 Å². The van der Waals surface area contributed by atoms with Crippen LogP contribution in [0, 0.1) is 0 Å². The summed E-state index contributed by atoms with van der Waals surface area (Å²) in [4.78, 5) is 15.0. The maximum Gasteiger partial charge on any atom is 0.269 e. The van der Waals surface area contributed by atoms with Gasteiger partial charge in [0, 0.05) is 18.9 Å². The van der Waals surface area contributed by atoms with E-state index in [1.54, 1.807) is 24.5 Å². The van der Waals surface area contributed by atoms with Crippen LogP contribution in [0.1, 0.15) is 16.1 Å². The molecular formula is C10H11N5O. The Morgan fingerprint density at radius 1 is 1.44 bits per heavy atom. The van der Waals surface area contributed by atoms with E-state index in [4.69, 9.17) is 11.5 Å². The minimum atomic E-state index is -0.561. The lowest BCUT2D eigenvalue weighted by molar-refractivity contribution is 0.0995. The normalized spacial score (nSPS) is 10.3. The van der Waals surface area contributed by atoms with Crippen LogP contribution >= 0.6 is 0 Å². The molecule has 0 aliphatic heterocycles. The van der Waals surface area contributed by atoms with Crippen LogP contribution in [0.2, 0.25) is 0 Å². The molecule has 0 aliphatic carbocycles. The van der Waals surface area contributed by atoms with Crippen LogP contribution < -0.4 is 11.5 Å². The first-order valence-electron chi connectivity index (χ1n) is 4.71. The second kappa shape index (κ2) is 4.11. The first-order chi connectivity index (χ1) is 7.70. The Labute approximate surface area is 91.9 Å². The highest BCUT2D eigenvalue weighted by Gasteiger charge is 2.06. The zero-order valence-electron chi connectivity index (χ0n) is 8.50. The lowest BCUT2D eigenvalue weighted by Crippen LogP contribution is -2.12. The fourth-order valence-electron chi connectivity index (χ4n) is 1.30. The Morgan fingerprint density at radius 2 is 2.25 bits per heavy atom. The Hall–Kier alpha value is -2.21. The first-order valence-corrected chi connectivity index (χ1v) is 4.71. The van der Waals surface area contributed by atoms with E-state index in [9.17, 15) is 4.79 Å². The van der Waals surface area contributed by atoms with Crippen molar-refractivity contribution < 1.29 is 4.79 Å². The van der Waals surface area contributed by atoms with E-state index in [1.165, 1.54) is 4.68 Å². The minimum Gasteiger partial charge on any atom is -0.364 e. The van der Waals surface area contributed by atoms with E-state index >= 15 is 0 Å². The van der Waals surface area contributed by atoms with Gasteiger partial charge in [0.05, 0.1) is 0 Å². The fraction of sp³-hybridized carbons (Fsp3) is 0.100. The number of nitrogens with zero attached hydrogens (tertiary/aromatic N) is 3. The van der Waals surface area contributed by atoms with Gasteiger partial charge in [-0.05, 0) is 23.8 Å². The van der Waals surface area contributed by atoms with Crippen molar-refractivity contribution in [3.8, 4) is 5.82 Å². The molecule has 0 unspecified atom stereocenters. The second-order valence-electron chi connectivity index (χ2n) is 3.24. The predicted octanol–water partition coefficient (Wildman–Crippen LogP) is -0.175. The quantitative estimate of drug-likeness (QED) is 0.745. The summed E-state index contributed by atoms with van der Waals surface area (Å²) in [5, 5.41) is 3.99. The number of carbonyl (C=O) groups excluding carboxylic acids is 1. The third kappa shape index (κ3) is 1.91. The summed E-state index contributed by atoms with van der Waals surface area (Å²) in [6.07, 6.45) is 3.27. The average molecular weight is 217 g/mol. The van der Waals surface area contributed by atoms with Crippen LogP contribution in [0.3, 0.4) is 0 Å². The highest BCUT2D eigenvalue weighted by molar-refractivity contribution is 5.90. The summed E-state index contributed by atoms with van der Waals surface area (Å²) < 4.78 is 1.49. The lowest BCUT2D eigenvalue weighted by atomic mass is 10.2. The molecule has 0 saturated heterocycles. The van der Waals surface area contributed by atoms with Gasteiger partial charge in [-0.3, -0.25) is 4.79 Å². The van der Waals surface area contributed by atoms with E-state index in [0.717, 1.165) is 5.56 Å². The van der Waals surface area contributed by atoms with Crippen molar-refractivity contribution in [1.82, 2.24) is 14.8 Å². The van der Waals surface area contributed by atoms with Crippen LogP contribution in [0.15, 0.2) is 30.6 Å². The van der Waals surface area contributed by atoms with Crippen LogP contribution in [-0.4, -0.2) is 20.7 Å². The van der Waals surface area contributed by atoms with Crippen molar-refractivity contribution in [2.24, 2.45) is 11.5 Å². The Balaban J connectivity index is 2.38. The molecule has 0 atom stereocenters. The molecule has 6 nitrogen and oxygen atoms in total. The number of amides is 1. The molecule has 2 aromatic rings. The van der Waals surface area contributed by atoms with Crippen LogP contribution in [0.4, 0.5) is 0 Å². The predicted molar refractivity (Wildman–Crippen MR) is 57.8 cm³/mol. The van der Waals surface area contributed by atoms with Crippen LogP contribution in [0.25, 0.3) is 5.82 Å². The molecule has 2 rings (SSSR count). The molecule has 4 N–H and O–H groups in total. The minimum absolute atomic E-state index is 0.208. The van der Waals surface area contributed by atoms with Gasteiger partial charge in [-0.25, -0.2) is 9.67 Å². The Morgan fingerprint density at radius 3 is 2.88 bits per heavy atom. The number of nitrogens with two attached hydrogens (primary N) is 2. The van der Waals surface area contributed by atoms with Gasteiger partial charge in [-0.2, -0.15) is 5.10 Å². The molecule has 2 aromatic heterocycles. The summed E-state index contributed by atoms with van der Waals surface area (Å²) in [7, 11) is 0. The summed E-state index contributed by atoms with van der Waals surface area (Å²) in [6.45, 7) is 0.430. The molecule has 0 aliphatic rings. The van der Waals surface area contributed by atoms with E-state index in [2.05, 4.69) is 10.1 Å². The lowest BCUT2D eigenvalue weighted by Gasteiger charge is -2.01. The molecular weight excluding hydrogens is 206 g/mol. The largest absolute Gasteiger partial charge is 0.364 e.